The van der Waals surface area contributed by atoms with Gasteiger partial charge in [-0.1, -0.05) is 140 Å². The molecule has 13 rings (SSSR count). The summed E-state index contributed by atoms with van der Waals surface area (Å²) in [6.07, 6.45) is 0. The lowest BCUT2D eigenvalue weighted by Gasteiger charge is -2.15. The van der Waals surface area contributed by atoms with Gasteiger partial charge >= 0.3 is 0 Å². The van der Waals surface area contributed by atoms with E-state index in [-0.39, 0.29) is 0 Å². The van der Waals surface area contributed by atoms with E-state index >= 15 is 0 Å². The van der Waals surface area contributed by atoms with Crippen LogP contribution in [0.15, 0.2) is 180 Å². The van der Waals surface area contributed by atoms with E-state index in [1.807, 2.05) is 60.7 Å². The van der Waals surface area contributed by atoms with Crippen molar-refractivity contribution in [2.75, 3.05) is 0 Å². The van der Waals surface area contributed by atoms with Crippen molar-refractivity contribution in [2.45, 2.75) is 0 Å². The average molecular weight is 728 g/mol. The Bertz CT molecular complexity index is 3760. The second-order valence-corrected chi connectivity index (χ2v) is 14.8. The van der Waals surface area contributed by atoms with Crippen LogP contribution in [0.3, 0.4) is 0 Å². The third-order valence-corrected chi connectivity index (χ3v) is 11.7. The minimum atomic E-state index is 0.595. The zero-order valence-corrected chi connectivity index (χ0v) is 30.4. The van der Waals surface area contributed by atoms with E-state index in [9.17, 15) is 0 Å². The third kappa shape index (κ3) is 4.21. The molecule has 0 radical (unpaired) electrons. The van der Waals surface area contributed by atoms with Gasteiger partial charge in [-0.2, -0.15) is 0 Å². The summed E-state index contributed by atoms with van der Waals surface area (Å²) in [7, 11) is 0. The zero-order valence-electron chi connectivity index (χ0n) is 30.4. The maximum absolute atomic E-state index is 6.29. The van der Waals surface area contributed by atoms with E-state index in [2.05, 4.69) is 124 Å². The normalized spacial score (nSPS) is 12.2. The summed E-state index contributed by atoms with van der Waals surface area (Å²) in [5.41, 5.74) is 13.7. The van der Waals surface area contributed by atoms with Crippen LogP contribution in [0.5, 0.6) is 0 Å². The van der Waals surface area contributed by atoms with Gasteiger partial charge in [0, 0.05) is 49.0 Å². The smallest absolute Gasteiger partial charge is 0.164 e. The van der Waals surface area contributed by atoms with Crippen molar-refractivity contribution in [3.8, 4) is 45.3 Å². The van der Waals surface area contributed by atoms with Crippen molar-refractivity contribution >= 4 is 76.6 Å². The molecule has 5 aromatic heterocycles. The number of hydrogen-bond donors (Lipinski definition) is 0. The van der Waals surface area contributed by atoms with Crippen LogP contribution in [0.1, 0.15) is 0 Å². The van der Waals surface area contributed by atoms with Gasteiger partial charge < -0.3 is 13.2 Å². The molecule has 6 nitrogen and oxygen atoms in total. The Labute approximate surface area is 324 Å². The van der Waals surface area contributed by atoms with E-state index in [0.29, 0.717) is 17.5 Å². The third-order valence-electron chi connectivity index (χ3n) is 11.7. The summed E-state index contributed by atoms with van der Waals surface area (Å²) in [4.78, 5) is 15.6. The maximum atomic E-state index is 6.29. The molecule has 264 valence electrons. The van der Waals surface area contributed by atoms with E-state index in [4.69, 9.17) is 19.4 Å². The monoisotopic (exact) mass is 727 g/mol. The van der Waals surface area contributed by atoms with Gasteiger partial charge in [0.1, 0.15) is 11.2 Å². The Morgan fingerprint density at radius 2 is 0.895 bits per heavy atom. The molecule has 0 aliphatic heterocycles. The lowest BCUT2D eigenvalue weighted by atomic mass is 9.98. The fourth-order valence-electron chi connectivity index (χ4n) is 9.28. The quantitative estimate of drug-likeness (QED) is 0.169. The molecule has 0 saturated carbocycles. The highest BCUT2D eigenvalue weighted by molar-refractivity contribution is 6.25. The van der Waals surface area contributed by atoms with Crippen molar-refractivity contribution in [2.24, 2.45) is 0 Å². The number of fused-ring (bicyclic) bond motifs is 12. The summed E-state index contributed by atoms with van der Waals surface area (Å²) < 4.78 is 11.2. The van der Waals surface area contributed by atoms with Crippen molar-refractivity contribution in [3.05, 3.63) is 176 Å². The molecule has 0 fully saturated rings. The molecule has 6 heteroatoms. The molecule has 0 spiro atoms. The SMILES string of the molecule is c1ccc(-c2nc(-c3ccccc3-c3ccc4c(c3)n3c5ccccc5c5ccc6c7ccccc7n4c6c53)nc(-c3cccc4oc5ccccc5c34)n2)cc1. The van der Waals surface area contributed by atoms with Gasteiger partial charge in [0.2, 0.25) is 0 Å². The largest absolute Gasteiger partial charge is 0.456 e. The Kier molecular flexibility index (Phi) is 6.07. The summed E-state index contributed by atoms with van der Waals surface area (Å²) in [6.45, 7) is 0. The van der Waals surface area contributed by atoms with Crippen LogP contribution in [0, 0.1) is 0 Å². The molecule has 13 aromatic rings. The Morgan fingerprint density at radius 3 is 1.65 bits per heavy atom. The first-order chi connectivity index (χ1) is 28.3. The molecule has 0 saturated heterocycles. The molecule has 0 bridgehead atoms. The van der Waals surface area contributed by atoms with Crippen LogP contribution in [-0.2, 0) is 0 Å². The van der Waals surface area contributed by atoms with Crippen molar-refractivity contribution in [1.29, 1.82) is 0 Å². The first-order valence-corrected chi connectivity index (χ1v) is 19.2. The molecule has 57 heavy (non-hydrogen) atoms. The van der Waals surface area contributed by atoms with Gasteiger partial charge in [0.05, 0.1) is 33.1 Å². The highest BCUT2D eigenvalue weighted by Gasteiger charge is 2.23. The molecule has 0 aliphatic carbocycles. The standard InChI is InChI=1S/C51H29N5O/c1-2-13-30(14-3-1)49-52-50(54-51(53-49)39-20-12-24-45-46(39)38-19-8-11-23-44(38)57-45)37-18-5-4-15-32(37)31-25-28-42-43(29-31)56-41-22-10-7-17-34(41)36-27-26-35-33-16-6-9-21-40(33)55(42)47(35)48(36)56/h1-29H. The molecular weight excluding hydrogens is 699 g/mol. The fourth-order valence-corrected chi connectivity index (χ4v) is 9.28. The molecule has 0 atom stereocenters. The van der Waals surface area contributed by atoms with Crippen LogP contribution in [0.25, 0.3) is 122 Å². The molecular formula is C51H29N5O. The predicted octanol–water partition coefficient (Wildman–Crippen LogP) is 13.0. The van der Waals surface area contributed by atoms with Gasteiger partial charge in [-0.3, -0.25) is 0 Å². The average Bonchev–Trinajstić information content (AvgIpc) is 3.95. The van der Waals surface area contributed by atoms with Gasteiger partial charge in [0.15, 0.2) is 17.5 Å². The molecule has 0 N–H and O–H groups in total. The first-order valence-electron chi connectivity index (χ1n) is 19.2. The minimum absolute atomic E-state index is 0.595. The van der Waals surface area contributed by atoms with Crippen LogP contribution < -0.4 is 0 Å². The van der Waals surface area contributed by atoms with Crippen molar-refractivity contribution in [1.82, 2.24) is 23.8 Å². The van der Waals surface area contributed by atoms with Crippen LogP contribution >= 0.6 is 0 Å². The Balaban J connectivity index is 1.09. The van der Waals surface area contributed by atoms with Crippen LogP contribution in [-0.4, -0.2) is 23.8 Å². The second kappa shape index (κ2) is 11.4. The summed E-state index contributed by atoms with van der Waals surface area (Å²) >= 11 is 0. The Hall–Kier alpha value is -7.83. The minimum Gasteiger partial charge on any atom is -0.456 e. The molecule has 0 aliphatic rings. The van der Waals surface area contributed by atoms with Crippen molar-refractivity contribution in [3.63, 3.8) is 0 Å². The molecule has 0 amide bonds. The number of nitrogens with zero attached hydrogens (tertiary/aromatic N) is 5. The highest BCUT2D eigenvalue weighted by Crippen LogP contribution is 2.43. The number of para-hydroxylation sites is 3. The fraction of sp³-hybridized carbons (Fsp3) is 0. The summed E-state index contributed by atoms with van der Waals surface area (Å²) in [5, 5.41) is 7.04. The van der Waals surface area contributed by atoms with Crippen molar-refractivity contribution < 1.29 is 4.42 Å². The van der Waals surface area contributed by atoms with E-state index in [1.54, 1.807) is 0 Å². The first kappa shape index (κ1) is 30.5. The van der Waals surface area contributed by atoms with Gasteiger partial charge in [-0.25, -0.2) is 15.0 Å². The van der Waals surface area contributed by atoms with Crippen LogP contribution in [0.2, 0.25) is 0 Å². The number of rotatable bonds is 4. The van der Waals surface area contributed by atoms with Gasteiger partial charge in [0.25, 0.3) is 0 Å². The van der Waals surface area contributed by atoms with E-state index < -0.39 is 0 Å². The zero-order chi connectivity index (χ0) is 37.2. The number of furan rings is 1. The molecule has 5 heterocycles. The predicted molar refractivity (Wildman–Crippen MR) is 232 cm³/mol. The number of benzene rings is 8. The Morgan fingerprint density at radius 1 is 0.333 bits per heavy atom. The number of aromatic nitrogens is 5. The second-order valence-electron chi connectivity index (χ2n) is 14.8. The van der Waals surface area contributed by atoms with Gasteiger partial charge in [-0.15, -0.1) is 0 Å². The molecule has 8 aromatic carbocycles. The van der Waals surface area contributed by atoms with Crippen LogP contribution in [0.4, 0.5) is 0 Å². The summed E-state index contributed by atoms with van der Waals surface area (Å²) in [5.74, 6) is 1.81. The summed E-state index contributed by atoms with van der Waals surface area (Å²) in [6, 6.07) is 61.8. The topological polar surface area (TPSA) is 60.6 Å². The van der Waals surface area contributed by atoms with Gasteiger partial charge in [-0.05, 0) is 47.5 Å². The van der Waals surface area contributed by atoms with E-state index in [1.165, 1.54) is 43.6 Å². The highest BCUT2D eigenvalue weighted by atomic mass is 16.3. The lowest BCUT2D eigenvalue weighted by molar-refractivity contribution is 0.669. The molecule has 0 unspecified atom stereocenters. The van der Waals surface area contributed by atoms with E-state index in [0.717, 1.165) is 60.8 Å². The lowest BCUT2D eigenvalue weighted by Crippen LogP contribution is -2.01. The number of hydrogen-bond acceptors (Lipinski definition) is 4. The maximum Gasteiger partial charge on any atom is 0.164 e.